The number of Topliss-reactive ketones (excluding diaryl/α,β-unsaturated/α-hetero) is 1. The quantitative estimate of drug-likeness (QED) is 0.0520. The minimum Gasteiger partial charge on any atom is -0.497 e. The fraction of sp³-hybridized carbons (Fsp3) is 0.242. The zero-order chi connectivity index (χ0) is 31.6. The fourth-order valence-electron chi connectivity index (χ4n) is 4.96. The number of hydrogen-bond acceptors (Lipinski definition) is 8. The van der Waals surface area contributed by atoms with Crippen molar-refractivity contribution in [1.82, 2.24) is 5.32 Å². The summed E-state index contributed by atoms with van der Waals surface area (Å²) in [5.41, 5.74) is 2.20. The first-order valence-electron chi connectivity index (χ1n) is 14.0. The van der Waals surface area contributed by atoms with Gasteiger partial charge in [-0.1, -0.05) is 84.9 Å². The predicted molar refractivity (Wildman–Crippen MR) is 167 cm³/mol. The molecular weight excluding hydrogens is 583 g/mol. The molecule has 4 aromatic rings. The van der Waals surface area contributed by atoms with Crippen molar-refractivity contribution in [3.05, 3.63) is 142 Å². The minimum absolute atomic E-state index is 0.0545. The van der Waals surface area contributed by atoms with E-state index in [2.05, 4.69) is 5.32 Å². The maximum atomic E-state index is 13.1. The third-order valence-corrected chi connectivity index (χ3v) is 8.89. The molecule has 0 amide bonds. The summed E-state index contributed by atoms with van der Waals surface area (Å²) in [7, 11) is -2.82. The Morgan fingerprint density at radius 1 is 0.886 bits per heavy atom. The van der Waals surface area contributed by atoms with Gasteiger partial charge in [0.25, 0.3) is 5.69 Å². The molecule has 0 aliphatic carbocycles. The highest BCUT2D eigenvalue weighted by Gasteiger charge is 2.39. The highest BCUT2D eigenvalue weighted by molar-refractivity contribution is 7.54. The molecule has 2 unspecified atom stereocenters. The topological polar surface area (TPSA) is 137 Å². The largest absolute Gasteiger partial charge is 0.497 e. The van der Waals surface area contributed by atoms with Crippen LogP contribution >= 0.6 is 7.60 Å². The monoisotopic (exact) mass is 618 g/mol. The van der Waals surface area contributed by atoms with Crippen LogP contribution < -0.4 is 10.1 Å². The maximum Gasteiger partial charge on any atom is 0.352 e. The molecule has 4 rings (SSSR count). The number of nitro benzene ring substituents is 1. The minimum atomic E-state index is -4.42. The number of ketones is 1. The number of nitrogens with one attached hydrogen (secondary N) is 1. The van der Waals surface area contributed by atoms with Crippen LogP contribution in [0.15, 0.2) is 109 Å². The molecule has 10 nitrogen and oxygen atoms in total. The lowest BCUT2D eigenvalue weighted by Gasteiger charge is -2.36. The number of methoxy groups -OCH3 is 1. The molecule has 0 radical (unpaired) electrons. The van der Waals surface area contributed by atoms with Crippen LogP contribution in [0.5, 0.6) is 5.75 Å². The number of non-ortho nitro benzene ring substituents is 1. The molecule has 11 heteroatoms. The third-order valence-electron chi connectivity index (χ3n) is 7.14. The lowest BCUT2D eigenvalue weighted by atomic mass is 9.80. The Hall–Kier alpha value is -4.18. The van der Waals surface area contributed by atoms with Crippen LogP contribution in [0.25, 0.3) is 0 Å². The van der Waals surface area contributed by atoms with Gasteiger partial charge in [-0.15, -0.1) is 0 Å². The molecule has 0 aromatic heterocycles. The first-order chi connectivity index (χ1) is 21.2. The van der Waals surface area contributed by atoms with Gasteiger partial charge < -0.3 is 18.9 Å². The van der Waals surface area contributed by atoms with Crippen LogP contribution in [0.2, 0.25) is 0 Å². The lowest BCUT2D eigenvalue weighted by molar-refractivity contribution is -0.384. The van der Waals surface area contributed by atoms with Gasteiger partial charge in [-0.2, -0.15) is 0 Å². The first kappa shape index (κ1) is 32.7. The summed E-state index contributed by atoms with van der Waals surface area (Å²) < 4.78 is 30.5. The molecule has 230 valence electrons. The van der Waals surface area contributed by atoms with E-state index in [4.69, 9.17) is 14.0 Å². The Labute approximate surface area is 256 Å². The molecule has 0 heterocycles. The number of nitrogens with zero attached hydrogens (tertiary/aromatic N) is 1. The number of rotatable bonds is 16. The van der Waals surface area contributed by atoms with Gasteiger partial charge in [0.15, 0.2) is 11.6 Å². The Morgan fingerprint density at radius 2 is 1.43 bits per heavy atom. The number of carbonyl (C=O) groups is 1. The second kappa shape index (κ2) is 15.0. The fourth-order valence-corrected chi connectivity index (χ4v) is 6.28. The number of carbonyl (C=O) groups excluding carboxylic acids is 1. The standard InChI is InChI=1S/C33H35N2O8P/c1-25(36)32(44(39,40)43-23-21-26-13-17-30(18-14-26)35(37)38)34-22-24-42-33(27-9-5-3-6-10-27,28-11-7-4-8-12-28)29-15-19-31(41-2)20-16-29/h3-20,32,34H,21-24H2,1-2H3,(H,39,40). The summed E-state index contributed by atoms with van der Waals surface area (Å²) >= 11 is 0. The first-order valence-corrected chi connectivity index (χ1v) is 15.7. The molecule has 0 aliphatic rings. The molecule has 0 bridgehead atoms. The third kappa shape index (κ3) is 7.85. The second-order valence-electron chi connectivity index (χ2n) is 10.0. The van der Waals surface area contributed by atoms with Gasteiger partial charge in [0.05, 0.1) is 25.2 Å². The van der Waals surface area contributed by atoms with Crippen molar-refractivity contribution in [1.29, 1.82) is 0 Å². The summed E-state index contributed by atoms with van der Waals surface area (Å²) in [6.45, 7) is 1.20. The summed E-state index contributed by atoms with van der Waals surface area (Å²) in [5.74, 6) is -1.33. The van der Waals surface area contributed by atoms with E-state index in [1.807, 2.05) is 84.9 Å². The molecule has 0 saturated carbocycles. The molecule has 0 fully saturated rings. The van der Waals surface area contributed by atoms with Crippen molar-refractivity contribution < 1.29 is 33.2 Å². The normalized spacial score (nSPS) is 13.5. The van der Waals surface area contributed by atoms with Gasteiger partial charge in [0.2, 0.25) is 0 Å². The van der Waals surface area contributed by atoms with Crippen LogP contribution in [0, 0.1) is 10.1 Å². The molecule has 2 N–H and O–H groups in total. The molecule has 0 spiro atoms. The van der Waals surface area contributed by atoms with Crippen molar-refractivity contribution in [2.24, 2.45) is 0 Å². The lowest BCUT2D eigenvalue weighted by Crippen LogP contribution is -2.40. The molecule has 0 saturated heterocycles. The van der Waals surface area contributed by atoms with E-state index < -0.39 is 29.7 Å². The maximum absolute atomic E-state index is 13.1. The molecule has 44 heavy (non-hydrogen) atoms. The van der Waals surface area contributed by atoms with E-state index in [9.17, 15) is 24.4 Å². The van der Waals surface area contributed by atoms with Gasteiger partial charge in [-0.05, 0) is 47.7 Å². The summed E-state index contributed by atoms with van der Waals surface area (Å²) in [4.78, 5) is 33.5. The number of hydrogen-bond donors (Lipinski definition) is 2. The van der Waals surface area contributed by atoms with E-state index in [1.54, 1.807) is 19.2 Å². The van der Waals surface area contributed by atoms with Gasteiger partial charge in [-0.3, -0.25) is 24.8 Å². The van der Waals surface area contributed by atoms with Gasteiger partial charge >= 0.3 is 7.60 Å². The van der Waals surface area contributed by atoms with E-state index in [-0.39, 0.29) is 31.9 Å². The summed E-state index contributed by atoms with van der Waals surface area (Å²) in [6.07, 6.45) is 0.231. The van der Waals surface area contributed by atoms with E-state index >= 15 is 0 Å². The zero-order valence-corrected chi connectivity index (χ0v) is 25.4. The Kier molecular flexibility index (Phi) is 11.2. The van der Waals surface area contributed by atoms with E-state index in [1.165, 1.54) is 19.1 Å². The Morgan fingerprint density at radius 3 is 1.93 bits per heavy atom. The summed E-state index contributed by atoms with van der Waals surface area (Å²) in [5, 5.41) is 13.7. The van der Waals surface area contributed by atoms with Crippen LogP contribution in [0.3, 0.4) is 0 Å². The van der Waals surface area contributed by atoms with Crippen LogP contribution in [-0.4, -0.2) is 48.3 Å². The highest BCUT2D eigenvalue weighted by Crippen LogP contribution is 2.47. The number of ether oxygens (including phenoxy) is 2. The Bertz CT molecular complexity index is 1530. The second-order valence-corrected chi connectivity index (χ2v) is 11.9. The average Bonchev–Trinajstić information content (AvgIpc) is 3.03. The smallest absolute Gasteiger partial charge is 0.352 e. The molecule has 2 atom stereocenters. The Balaban J connectivity index is 1.49. The van der Waals surface area contributed by atoms with Crippen molar-refractivity contribution >= 4 is 19.1 Å². The SMILES string of the molecule is COc1ccc(C(OCCNC(C(C)=O)P(=O)(O)OCCc2ccc([N+](=O)[O-])cc2)(c2ccccc2)c2ccccc2)cc1. The van der Waals surface area contributed by atoms with Crippen molar-refractivity contribution in [3.8, 4) is 5.75 Å². The van der Waals surface area contributed by atoms with Crippen molar-refractivity contribution in [2.45, 2.75) is 24.7 Å². The number of nitro groups is 1. The van der Waals surface area contributed by atoms with Crippen molar-refractivity contribution in [3.63, 3.8) is 0 Å². The van der Waals surface area contributed by atoms with Gasteiger partial charge in [0, 0.05) is 18.7 Å². The predicted octanol–water partition coefficient (Wildman–Crippen LogP) is 5.86. The van der Waals surface area contributed by atoms with Gasteiger partial charge in [-0.25, -0.2) is 0 Å². The number of benzene rings is 4. The average molecular weight is 619 g/mol. The molecular formula is C33H35N2O8P. The van der Waals surface area contributed by atoms with Crippen LogP contribution in [0.1, 0.15) is 29.2 Å². The zero-order valence-electron chi connectivity index (χ0n) is 24.5. The van der Waals surface area contributed by atoms with Crippen molar-refractivity contribution in [2.75, 3.05) is 26.9 Å². The molecule has 0 aliphatic heterocycles. The van der Waals surface area contributed by atoms with Crippen LogP contribution in [-0.2, 0) is 30.6 Å². The van der Waals surface area contributed by atoms with E-state index in [0.29, 0.717) is 11.3 Å². The molecule has 4 aromatic carbocycles. The van der Waals surface area contributed by atoms with Crippen LogP contribution in [0.4, 0.5) is 5.69 Å². The summed E-state index contributed by atoms with van der Waals surface area (Å²) in [6, 6.07) is 32.9. The van der Waals surface area contributed by atoms with E-state index in [0.717, 1.165) is 16.7 Å². The highest BCUT2D eigenvalue weighted by atomic mass is 31.2. The van der Waals surface area contributed by atoms with Gasteiger partial charge in [0.1, 0.15) is 11.4 Å².